The molecule has 0 aliphatic carbocycles. The quantitative estimate of drug-likeness (QED) is 0.163. The van der Waals surface area contributed by atoms with Crippen LogP contribution in [0, 0.1) is 10.1 Å². The Morgan fingerprint density at radius 3 is 2.59 bits per heavy atom. The van der Waals surface area contributed by atoms with Gasteiger partial charge in [0.05, 0.1) is 4.92 Å². The summed E-state index contributed by atoms with van der Waals surface area (Å²) in [5.74, 6) is 0.454. The van der Waals surface area contributed by atoms with Crippen LogP contribution < -0.4 is 10.0 Å². The number of nitro benzene ring substituents is 1. The summed E-state index contributed by atoms with van der Waals surface area (Å²) in [6.07, 6.45) is 5.29. The van der Waals surface area contributed by atoms with Gasteiger partial charge < -0.3 is 5.32 Å². The van der Waals surface area contributed by atoms with Crippen molar-refractivity contribution in [1.29, 1.82) is 0 Å². The Morgan fingerprint density at radius 2 is 1.93 bits per heavy atom. The minimum absolute atomic E-state index is 0.0421. The first-order valence-electron chi connectivity index (χ1n) is 8.67. The minimum atomic E-state index is -0.439. The number of hydrogen-bond acceptors (Lipinski definition) is 6. The molecule has 0 saturated carbocycles. The molecule has 0 fully saturated rings. The molecule has 2 aromatic rings. The molecular weight excluding hydrogens is 406 g/mol. The summed E-state index contributed by atoms with van der Waals surface area (Å²) in [7, 11) is 0. The highest BCUT2D eigenvalue weighted by Crippen LogP contribution is 2.29. The normalized spacial score (nSPS) is 10.8. The number of hydrogen-bond donors (Lipinski definition) is 2. The van der Waals surface area contributed by atoms with Gasteiger partial charge in [0.2, 0.25) is 0 Å². The van der Waals surface area contributed by atoms with E-state index in [0.717, 1.165) is 16.9 Å². The Bertz CT molecular complexity index is 915. The molecule has 0 saturated heterocycles. The van der Waals surface area contributed by atoms with E-state index in [1.807, 2.05) is 12.1 Å². The van der Waals surface area contributed by atoms with Gasteiger partial charge in [-0.25, -0.2) is 0 Å². The van der Waals surface area contributed by atoms with E-state index in [1.165, 1.54) is 6.07 Å². The SMILES string of the molecule is C=C/C=C(\C=C)SCCNc1ccc(SNC(=O)c2ccccc2)cc1[N+](=O)[O-]. The van der Waals surface area contributed by atoms with Crippen molar-refractivity contribution in [3.8, 4) is 0 Å². The van der Waals surface area contributed by atoms with Crippen LogP contribution in [-0.4, -0.2) is 23.1 Å². The summed E-state index contributed by atoms with van der Waals surface area (Å²) < 4.78 is 2.69. The highest BCUT2D eigenvalue weighted by Gasteiger charge is 2.15. The maximum atomic E-state index is 12.1. The zero-order valence-electron chi connectivity index (χ0n) is 15.7. The standard InChI is InChI=1S/C21H21N3O3S2/c1-3-8-17(4-2)28-14-13-22-19-12-11-18(15-20(19)24(26)27)29-23-21(25)16-9-6-5-7-10-16/h3-12,15,22H,1-2,13-14H2,(H,23,25)/b17-8+. The number of nitrogens with one attached hydrogen (secondary N) is 2. The number of nitro groups is 1. The lowest BCUT2D eigenvalue weighted by Crippen LogP contribution is -2.15. The molecule has 0 spiro atoms. The van der Waals surface area contributed by atoms with E-state index < -0.39 is 4.92 Å². The van der Waals surface area contributed by atoms with Crippen LogP contribution in [0.5, 0.6) is 0 Å². The molecule has 2 rings (SSSR count). The highest BCUT2D eigenvalue weighted by atomic mass is 32.2. The van der Waals surface area contributed by atoms with E-state index in [2.05, 4.69) is 23.2 Å². The van der Waals surface area contributed by atoms with Crippen molar-refractivity contribution in [2.24, 2.45) is 0 Å². The summed E-state index contributed by atoms with van der Waals surface area (Å²) in [5.41, 5.74) is 0.913. The molecule has 0 aliphatic rings. The van der Waals surface area contributed by atoms with Crippen LogP contribution in [0.25, 0.3) is 0 Å². The third-order valence-corrected chi connectivity index (χ3v) is 5.45. The van der Waals surface area contributed by atoms with Crippen LogP contribution in [-0.2, 0) is 0 Å². The molecule has 150 valence electrons. The molecule has 6 nitrogen and oxygen atoms in total. The van der Waals surface area contributed by atoms with Crippen molar-refractivity contribution in [3.63, 3.8) is 0 Å². The highest BCUT2D eigenvalue weighted by molar-refractivity contribution is 8.03. The summed E-state index contributed by atoms with van der Waals surface area (Å²) in [6.45, 7) is 7.93. The summed E-state index contributed by atoms with van der Waals surface area (Å²) >= 11 is 2.62. The summed E-state index contributed by atoms with van der Waals surface area (Å²) in [4.78, 5) is 24.7. The zero-order valence-corrected chi connectivity index (χ0v) is 17.3. The topological polar surface area (TPSA) is 84.3 Å². The van der Waals surface area contributed by atoms with Crippen LogP contribution in [0.4, 0.5) is 11.4 Å². The summed E-state index contributed by atoms with van der Waals surface area (Å²) in [6, 6.07) is 13.6. The van der Waals surface area contributed by atoms with Gasteiger partial charge in [-0.3, -0.25) is 19.6 Å². The molecule has 1 amide bonds. The monoisotopic (exact) mass is 427 g/mol. The van der Waals surface area contributed by atoms with Crippen LogP contribution in [0.3, 0.4) is 0 Å². The van der Waals surface area contributed by atoms with Gasteiger partial charge in [-0.15, -0.1) is 11.8 Å². The number of rotatable bonds is 11. The number of nitrogens with zero attached hydrogens (tertiary/aromatic N) is 1. The van der Waals surface area contributed by atoms with Gasteiger partial charge >= 0.3 is 0 Å². The molecule has 8 heteroatoms. The van der Waals surface area contributed by atoms with Gasteiger partial charge in [-0.1, -0.05) is 43.5 Å². The second kappa shape index (κ2) is 11.8. The molecule has 2 N–H and O–H groups in total. The molecule has 0 bridgehead atoms. The number of amides is 1. The van der Waals surface area contributed by atoms with Crippen molar-refractivity contribution in [2.75, 3.05) is 17.6 Å². The second-order valence-electron chi connectivity index (χ2n) is 5.62. The van der Waals surface area contributed by atoms with Crippen LogP contribution in [0.15, 0.2) is 89.7 Å². The average Bonchev–Trinajstić information content (AvgIpc) is 2.75. The van der Waals surface area contributed by atoms with Gasteiger partial charge in [0.15, 0.2) is 0 Å². The van der Waals surface area contributed by atoms with E-state index in [0.29, 0.717) is 28.4 Å². The Hall–Kier alpha value is -2.97. The van der Waals surface area contributed by atoms with Crippen molar-refractivity contribution < 1.29 is 9.72 Å². The minimum Gasteiger partial charge on any atom is -0.379 e. The molecule has 0 aliphatic heterocycles. The molecule has 0 unspecified atom stereocenters. The van der Waals surface area contributed by atoms with E-state index in [1.54, 1.807) is 60.3 Å². The Balaban J connectivity index is 1.96. The third kappa shape index (κ3) is 7.17. The number of carbonyl (C=O) groups excluding carboxylic acids is 1. The predicted molar refractivity (Wildman–Crippen MR) is 122 cm³/mol. The van der Waals surface area contributed by atoms with Crippen LogP contribution >= 0.6 is 23.7 Å². The Kier molecular flexibility index (Phi) is 9.07. The van der Waals surface area contributed by atoms with Crippen molar-refractivity contribution in [3.05, 3.63) is 100 Å². The fourth-order valence-electron chi connectivity index (χ4n) is 2.28. The molecule has 2 aromatic carbocycles. The maximum Gasteiger partial charge on any atom is 0.293 e. The van der Waals surface area contributed by atoms with Crippen LogP contribution in [0.1, 0.15) is 10.4 Å². The van der Waals surface area contributed by atoms with E-state index in [9.17, 15) is 14.9 Å². The third-order valence-electron chi connectivity index (χ3n) is 3.63. The van der Waals surface area contributed by atoms with E-state index >= 15 is 0 Å². The lowest BCUT2D eigenvalue weighted by atomic mass is 10.2. The van der Waals surface area contributed by atoms with Gasteiger partial charge in [0, 0.05) is 33.7 Å². The van der Waals surface area contributed by atoms with Gasteiger partial charge in [0.25, 0.3) is 11.6 Å². The first-order valence-corrected chi connectivity index (χ1v) is 10.5. The number of benzene rings is 2. The Labute approximate surface area is 178 Å². The Morgan fingerprint density at radius 1 is 1.17 bits per heavy atom. The largest absolute Gasteiger partial charge is 0.379 e. The summed E-state index contributed by atoms with van der Waals surface area (Å²) in [5, 5.41) is 14.5. The molecular formula is C21H21N3O3S2. The molecule has 0 atom stereocenters. The lowest BCUT2D eigenvalue weighted by Gasteiger charge is -2.09. The lowest BCUT2D eigenvalue weighted by molar-refractivity contribution is -0.384. The first kappa shape index (κ1) is 22.3. The van der Waals surface area contributed by atoms with Crippen LogP contribution in [0.2, 0.25) is 0 Å². The van der Waals surface area contributed by atoms with Gasteiger partial charge in [-0.2, -0.15) is 0 Å². The van der Waals surface area contributed by atoms with E-state index in [4.69, 9.17) is 0 Å². The first-order chi connectivity index (χ1) is 14.0. The van der Waals surface area contributed by atoms with Crippen molar-refractivity contribution in [2.45, 2.75) is 4.90 Å². The zero-order chi connectivity index (χ0) is 21.1. The smallest absolute Gasteiger partial charge is 0.293 e. The fourth-order valence-corrected chi connectivity index (χ4v) is 3.66. The molecule has 29 heavy (non-hydrogen) atoms. The van der Waals surface area contributed by atoms with E-state index in [-0.39, 0.29) is 11.6 Å². The van der Waals surface area contributed by atoms with Crippen molar-refractivity contribution >= 4 is 41.0 Å². The number of carbonyl (C=O) groups is 1. The van der Waals surface area contributed by atoms with Gasteiger partial charge in [0.1, 0.15) is 5.69 Å². The maximum absolute atomic E-state index is 12.1. The van der Waals surface area contributed by atoms with Gasteiger partial charge in [-0.05, 0) is 42.3 Å². The molecule has 0 radical (unpaired) electrons. The number of thioether (sulfide) groups is 1. The number of anilines is 1. The second-order valence-corrected chi connectivity index (χ2v) is 7.67. The molecule has 0 heterocycles. The van der Waals surface area contributed by atoms with Crippen molar-refractivity contribution in [1.82, 2.24) is 4.72 Å². The molecule has 0 aromatic heterocycles. The average molecular weight is 428 g/mol. The predicted octanol–water partition coefficient (Wildman–Crippen LogP) is 5.43. The fraction of sp³-hybridized carbons (Fsp3) is 0.0952. The number of allylic oxidation sites excluding steroid dienone is 3.